The van der Waals surface area contributed by atoms with E-state index >= 15 is 0 Å². The molecule has 1 N–H and O–H groups in total. The molecule has 1 unspecified atom stereocenters. The molecule has 0 saturated carbocycles. The Hall–Kier alpha value is -0.240. The Bertz CT molecular complexity index is 379. The molecule has 0 bridgehead atoms. The third kappa shape index (κ3) is 4.79. The minimum atomic E-state index is 0.235. The van der Waals surface area contributed by atoms with E-state index in [0.29, 0.717) is 0 Å². The number of benzene rings is 1. The van der Waals surface area contributed by atoms with Crippen LogP contribution in [0.1, 0.15) is 39.2 Å². The van der Waals surface area contributed by atoms with Gasteiger partial charge in [-0.05, 0) is 48.6 Å². The Kier molecular flexibility index (Phi) is 6.48. The smallest absolute Gasteiger partial charge is 0.0439 e. The van der Waals surface area contributed by atoms with Crippen LogP contribution in [-0.4, -0.2) is 13.1 Å². The summed E-state index contributed by atoms with van der Waals surface area (Å²) in [5, 5.41) is 5.03. The molecular weight excluding hydrogens is 265 g/mol. The molecular formula is C15H23Cl2N. The van der Waals surface area contributed by atoms with Gasteiger partial charge in [-0.1, -0.05) is 50.4 Å². The second kappa shape index (κ2) is 7.37. The number of nitrogens with one attached hydrogen (secondary N) is 1. The summed E-state index contributed by atoms with van der Waals surface area (Å²) in [6.07, 6.45) is 3.33. The van der Waals surface area contributed by atoms with Crippen molar-refractivity contribution in [2.45, 2.75) is 40.0 Å². The monoisotopic (exact) mass is 287 g/mol. The Balaban J connectivity index is 2.84. The molecule has 0 aliphatic carbocycles. The third-order valence-corrected chi connectivity index (χ3v) is 3.88. The summed E-state index contributed by atoms with van der Waals surface area (Å²) in [5.41, 5.74) is 1.39. The molecule has 1 nitrogen and oxygen atoms in total. The zero-order valence-electron chi connectivity index (χ0n) is 11.5. The second-order valence-electron chi connectivity index (χ2n) is 5.25. The maximum Gasteiger partial charge on any atom is 0.0439 e. The SMILES string of the molecule is CCCC(C)(CNCC)Cc1cc(Cl)ccc1Cl. The zero-order valence-corrected chi connectivity index (χ0v) is 13.0. The lowest BCUT2D eigenvalue weighted by molar-refractivity contribution is 0.277. The van der Waals surface area contributed by atoms with Crippen LogP contribution in [0.3, 0.4) is 0 Å². The molecule has 1 aromatic rings. The van der Waals surface area contributed by atoms with Gasteiger partial charge < -0.3 is 5.32 Å². The molecule has 102 valence electrons. The molecule has 0 aliphatic heterocycles. The van der Waals surface area contributed by atoms with Gasteiger partial charge in [0.25, 0.3) is 0 Å². The highest BCUT2D eigenvalue weighted by Crippen LogP contribution is 2.32. The van der Waals surface area contributed by atoms with E-state index in [2.05, 4.69) is 26.1 Å². The molecule has 3 heteroatoms. The molecule has 0 amide bonds. The van der Waals surface area contributed by atoms with E-state index in [4.69, 9.17) is 23.2 Å². The fourth-order valence-corrected chi connectivity index (χ4v) is 2.79. The lowest BCUT2D eigenvalue weighted by atomic mass is 9.79. The average molecular weight is 288 g/mol. The maximum absolute atomic E-state index is 6.26. The summed E-state index contributed by atoms with van der Waals surface area (Å²) < 4.78 is 0. The van der Waals surface area contributed by atoms with Crippen LogP contribution in [0, 0.1) is 5.41 Å². The van der Waals surface area contributed by atoms with Crippen molar-refractivity contribution in [3.05, 3.63) is 33.8 Å². The van der Waals surface area contributed by atoms with Gasteiger partial charge in [-0.3, -0.25) is 0 Å². The maximum atomic E-state index is 6.26. The lowest BCUT2D eigenvalue weighted by Gasteiger charge is -2.30. The van der Waals surface area contributed by atoms with Crippen LogP contribution in [0.25, 0.3) is 0 Å². The summed E-state index contributed by atoms with van der Waals surface area (Å²) in [5.74, 6) is 0. The third-order valence-electron chi connectivity index (χ3n) is 3.28. The normalized spacial score (nSPS) is 14.5. The number of halogens is 2. The topological polar surface area (TPSA) is 12.0 Å². The number of rotatable bonds is 7. The number of hydrogen-bond donors (Lipinski definition) is 1. The standard InChI is InChI=1S/C15H23Cl2N/c1-4-8-15(3,11-18-5-2)10-12-9-13(16)6-7-14(12)17/h6-7,9,18H,4-5,8,10-11H2,1-3H3. The van der Waals surface area contributed by atoms with Gasteiger partial charge in [0.1, 0.15) is 0 Å². The Morgan fingerprint density at radius 2 is 1.94 bits per heavy atom. The molecule has 0 heterocycles. The van der Waals surface area contributed by atoms with E-state index in [0.717, 1.165) is 35.1 Å². The first-order chi connectivity index (χ1) is 8.50. The van der Waals surface area contributed by atoms with Crippen molar-refractivity contribution in [2.75, 3.05) is 13.1 Å². The number of hydrogen-bond acceptors (Lipinski definition) is 1. The molecule has 0 radical (unpaired) electrons. The van der Waals surface area contributed by atoms with E-state index < -0.39 is 0 Å². The molecule has 0 fully saturated rings. The largest absolute Gasteiger partial charge is 0.316 e. The second-order valence-corrected chi connectivity index (χ2v) is 6.10. The first-order valence-electron chi connectivity index (χ1n) is 6.65. The van der Waals surface area contributed by atoms with Crippen molar-refractivity contribution >= 4 is 23.2 Å². The van der Waals surface area contributed by atoms with E-state index in [1.54, 1.807) is 0 Å². The van der Waals surface area contributed by atoms with Crippen LogP contribution in [0.5, 0.6) is 0 Å². The molecule has 0 spiro atoms. The lowest BCUT2D eigenvalue weighted by Crippen LogP contribution is -2.33. The van der Waals surface area contributed by atoms with Crippen molar-refractivity contribution in [3.8, 4) is 0 Å². The van der Waals surface area contributed by atoms with Gasteiger partial charge in [0, 0.05) is 16.6 Å². The Morgan fingerprint density at radius 1 is 1.22 bits per heavy atom. The molecule has 0 aromatic heterocycles. The van der Waals surface area contributed by atoms with E-state index in [1.165, 1.54) is 12.8 Å². The molecule has 0 saturated heterocycles. The van der Waals surface area contributed by atoms with Crippen molar-refractivity contribution in [3.63, 3.8) is 0 Å². The van der Waals surface area contributed by atoms with Crippen LogP contribution in [-0.2, 0) is 6.42 Å². The minimum absolute atomic E-state index is 0.235. The summed E-state index contributed by atoms with van der Waals surface area (Å²) >= 11 is 12.3. The van der Waals surface area contributed by atoms with Gasteiger partial charge in [-0.25, -0.2) is 0 Å². The van der Waals surface area contributed by atoms with Crippen LogP contribution in [0.4, 0.5) is 0 Å². The van der Waals surface area contributed by atoms with Gasteiger partial charge in [0.05, 0.1) is 0 Å². The predicted molar refractivity (Wildman–Crippen MR) is 81.7 cm³/mol. The van der Waals surface area contributed by atoms with E-state index in [1.807, 2.05) is 18.2 Å². The van der Waals surface area contributed by atoms with Gasteiger partial charge in [0.2, 0.25) is 0 Å². The van der Waals surface area contributed by atoms with Gasteiger partial charge in [0.15, 0.2) is 0 Å². The van der Waals surface area contributed by atoms with Crippen molar-refractivity contribution in [1.29, 1.82) is 0 Å². The first-order valence-corrected chi connectivity index (χ1v) is 7.41. The highest BCUT2D eigenvalue weighted by atomic mass is 35.5. The summed E-state index contributed by atoms with van der Waals surface area (Å²) in [7, 11) is 0. The molecule has 0 aliphatic rings. The zero-order chi connectivity index (χ0) is 13.6. The molecule has 1 atom stereocenters. The summed E-state index contributed by atoms with van der Waals surface area (Å²) in [6, 6.07) is 5.72. The van der Waals surface area contributed by atoms with Gasteiger partial charge in [-0.15, -0.1) is 0 Å². The highest BCUT2D eigenvalue weighted by molar-refractivity contribution is 6.33. The van der Waals surface area contributed by atoms with E-state index in [9.17, 15) is 0 Å². The predicted octanol–water partition coefficient (Wildman–Crippen LogP) is 4.95. The Labute approximate surface area is 121 Å². The summed E-state index contributed by atoms with van der Waals surface area (Å²) in [4.78, 5) is 0. The molecule has 1 aromatic carbocycles. The fraction of sp³-hybridized carbons (Fsp3) is 0.600. The van der Waals surface area contributed by atoms with Crippen LogP contribution in [0.2, 0.25) is 10.0 Å². The molecule has 1 rings (SSSR count). The van der Waals surface area contributed by atoms with Crippen molar-refractivity contribution < 1.29 is 0 Å². The van der Waals surface area contributed by atoms with Crippen molar-refractivity contribution in [2.24, 2.45) is 5.41 Å². The minimum Gasteiger partial charge on any atom is -0.316 e. The van der Waals surface area contributed by atoms with Crippen LogP contribution >= 0.6 is 23.2 Å². The van der Waals surface area contributed by atoms with E-state index in [-0.39, 0.29) is 5.41 Å². The first kappa shape index (κ1) is 15.8. The van der Waals surface area contributed by atoms with Gasteiger partial charge in [-0.2, -0.15) is 0 Å². The highest BCUT2D eigenvalue weighted by Gasteiger charge is 2.24. The van der Waals surface area contributed by atoms with Gasteiger partial charge >= 0.3 is 0 Å². The average Bonchev–Trinajstić information content (AvgIpc) is 2.32. The van der Waals surface area contributed by atoms with Crippen LogP contribution in [0.15, 0.2) is 18.2 Å². The molecule has 18 heavy (non-hydrogen) atoms. The Morgan fingerprint density at radius 3 is 2.56 bits per heavy atom. The fourth-order valence-electron chi connectivity index (χ4n) is 2.41. The van der Waals surface area contributed by atoms with Crippen LogP contribution < -0.4 is 5.32 Å². The summed E-state index contributed by atoms with van der Waals surface area (Å²) in [6.45, 7) is 8.70. The van der Waals surface area contributed by atoms with Crippen molar-refractivity contribution in [1.82, 2.24) is 5.32 Å². The quantitative estimate of drug-likeness (QED) is 0.748.